The summed E-state index contributed by atoms with van der Waals surface area (Å²) in [6, 6.07) is 2.28. The molecule has 90 valence electrons. The molecule has 1 aliphatic rings. The summed E-state index contributed by atoms with van der Waals surface area (Å²) >= 11 is 1.88. The van der Waals surface area contributed by atoms with Gasteiger partial charge in [0.1, 0.15) is 0 Å². The minimum atomic E-state index is -0.00843. The maximum Gasteiger partial charge on any atom is 0.0677 e. The van der Waals surface area contributed by atoms with Gasteiger partial charge in [-0.2, -0.15) is 5.10 Å². The smallest absolute Gasteiger partial charge is 0.0677 e. The zero-order valence-corrected chi connectivity index (χ0v) is 10.8. The van der Waals surface area contributed by atoms with Gasteiger partial charge in [-0.15, -0.1) is 11.3 Å². The Kier molecular flexibility index (Phi) is 2.76. The van der Waals surface area contributed by atoms with Gasteiger partial charge in [-0.3, -0.25) is 4.68 Å². The van der Waals surface area contributed by atoms with E-state index in [-0.39, 0.29) is 6.04 Å². The van der Waals surface area contributed by atoms with E-state index >= 15 is 0 Å². The van der Waals surface area contributed by atoms with Crippen molar-refractivity contribution < 1.29 is 0 Å². The highest BCUT2D eigenvalue weighted by Crippen LogP contribution is 2.34. The van der Waals surface area contributed by atoms with Crippen LogP contribution in [0.5, 0.6) is 0 Å². The van der Waals surface area contributed by atoms with Gasteiger partial charge in [0.15, 0.2) is 0 Å². The molecule has 2 aromatic rings. The summed E-state index contributed by atoms with van der Waals surface area (Å²) in [7, 11) is 0. The molecule has 1 aliphatic carbocycles. The van der Waals surface area contributed by atoms with Gasteiger partial charge < -0.3 is 5.73 Å². The molecule has 3 rings (SSSR count). The molecule has 0 radical (unpaired) electrons. The van der Waals surface area contributed by atoms with Crippen LogP contribution in [0, 0.1) is 0 Å². The van der Waals surface area contributed by atoms with Crippen LogP contribution in [0.25, 0.3) is 0 Å². The van der Waals surface area contributed by atoms with E-state index in [1.165, 1.54) is 29.7 Å². The molecule has 3 nitrogen and oxygen atoms in total. The second-order valence-corrected chi connectivity index (χ2v) is 5.73. The van der Waals surface area contributed by atoms with Crippen molar-refractivity contribution in [3.05, 3.63) is 39.3 Å². The fourth-order valence-corrected chi connectivity index (χ4v) is 3.67. The molecule has 0 bridgehead atoms. The summed E-state index contributed by atoms with van der Waals surface area (Å²) in [4.78, 5) is 2.82. The lowest BCUT2D eigenvalue weighted by Gasteiger charge is -2.06. The SMILES string of the molecule is CCn1cc(C(N)c2cc3c(s2)CCC3)cn1. The summed E-state index contributed by atoms with van der Waals surface area (Å²) < 4.78 is 1.93. The molecule has 17 heavy (non-hydrogen) atoms. The van der Waals surface area contributed by atoms with Crippen molar-refractivity contribution in [2.45, 2.75) is 38.8 Å². The Bertz CT molecular complexity index is 505. The first-order valence-electron chi connectivity index (χ1n) is 6.17. The van der Waals surface area contributed by atoms with E-state index in [1.54, 1.807) is 4.88 Å². The zero-order valence-electron chi connectivity index (χ0n) is 10.0. The number of fused-ring (bicyclic) bond motifs is 1. The topological polar surface area (TPSA) is 43.8 Å². The third kappa shape index (κ3) is 1.91. The molecule has 0 aromatic carbocycles. The second-order valence-electron chi connectivity index (χ2n) is 4.56. The van der Waals surface area contributed by atoms with E-state index in [1.807, 2.05) is 22.2 Å². The van der Waals surface area contributed by atoms with E-state index < -0.39 is 0 Å². The number of hydrogen-bond donors (Lipinski definition) is 1. The largest absolute Gasteiger partial charge is 0.320 e. The lowest BCUT2D eigenvalue weighted by atomic mass is 10.1. The Morgan fingerprint density at radius 1 is 1.53 bits per heavy atom. The fourth-order valence-electron chi connectivity index (χ4n) is 2.38. The first-order valence-corrected chi connectivity index (χ1v) is 6.99. The van der Waals surface area contributed by atoms with Crippen LogP contribution in [-0.2, 0) is 19.4 Å². The molecular weight excluding hydrogens is 230 g/mol. The zero-order chi connectivity index (χ0) is 11.8. The first-order chi connectivity index (χ1) is 8.28. The van der Waals surface area contributed by atoms with Crippen LogP contribution < -0.4 is 5.73 Å². The summed E-state index contributed by atoms with van der Waals surface area (Å²) in [6.45, 7) is 2.98. The molecule has 1 unspecified atom stereocenters. The highest BCUT2D eigenvalue weighted by molar-refractivity contribution is 7.12. The predicted molar refractivity (Wildman–Crippen MR) is 70.3 cm³/mol. The minimum Gasteiger partial charge on any atom is -0.320 e. The Morgan fingerprint density at radius 3 is 3.12 bits per heavy atom. The van der Waals surface area contributed by atoms with Gasteiger partial charge in [0.05, 0.1) is 12.2 Å². The van der Waals surface area contributed by atoms with Crippen molar-refractivity contribution in [1.29, 1.82) is 0 Å². The molecule has 0 saturated carbocycles. The van der Waals surface area contributed by atoms with Crippen LogP contribution in [0.15, 0.2) is 18.5 Å². The van der Waals surface area contributed by atoms with Crippen molar-refractivity contribution in [2.24, 2.45) is 5.73 Å². The highest BCUT2D eigenvalue weighted by atomic mass is 32.1. The lowest BCUT2D eigenvalue weighted by molar-refractivity contribution is 0.658. The van der Waals surface area contributed by atoms with E-state index in [9.17, 15) is 0 Å². The Morgan fingerprint density at radius 2 is 2.41 bits per heavy atom. The normalized spacial score (nSPS) is 16.1. The number of rotatable bonds is 3. The average molecular weight is 247 g/mol. The van der Waals surface area contributed by atoms with Crippen molar-refractivity contribution in [1.82, 2.24) is 9.78 Å². The number of aryl methyl sites for hydroxylation is 3. The van der Waals surface area contributed by atoms with Gasteiger partial charge in [0.25, 0.3) is 0 Å². The van der Waals surface area contributed by atoms with E-state index in [0.29, 0.717) is 0 Å². The van der Waals surface area contributed by atoms with Gasteiger partial charge in [-0.1, -0.05) is 0 Å². The monoisotopic (exact) mass is 247 g/mol. The number of hydrogen-bond acceptors (Lipinski definition) is 3. The van der Waals surface area contributed by atoms with Crippen molar-refractivity contribution in [3.63, 3.8) is 0 Å². The number of nitrogens with two attached hydrogens (primary N) is 1. The van der Waals surface area contributed by atoms with Crippen LogP contribution in [0.3, 0.4) is 0 Å². The first kappa shape index (κ1) is 11.0. The maximum absolute atomic E-state index is 6.30. The standard InChI is InChI=1S/C13H17N3S/c1-2-16-8-10(7-15-16)13(14)12-6-9-4-3-5-11(9)17-12/h6-8,13H,2-5,14H2,1H3. The number of thiophene rings is 1. The number of nitrogens with zero attached hydrogens (tertiary/aromatic N) is 2. The quantitative estimate of drug-likeness (QED) is 0.905. The van der Waals surface area contributed by atoms with Crippen molar-refractivity contribution >= 4 is 11.3 Å². The number of aromatic nitrogens is 2. The summed E-state index contributed by atoms with van der Waals surface area (Å²) in [5, 5.41) is 4.29. The molecule has 2 heterocycles. The third-order valence-corrected chi connectivity index (χ3v) is 4.73. The Hall–Kier alpha value is -1.13. The lowest BCUT2D eigenvalue weighted by Crippen LogP contribution is -2.09. The van der Waals surface area contributed by atoms with Crippen LogP contribution in [-0.4, -0.2) is 9.78 Å². The van der Waals surface area contributed by atoms with Crippen LogP contribution >= 0.6 is 11.3 Å². The van der Waals surface area contributed by atoms with Crippen LogP contribution in [0.1, 0.15) is 40.3 Å². The molecule has 0 amide bonds. The third-order valence-electron chi connectivity index (χ3n) is 3.41. The van der Waals surface area contributed by atoms with Crippen LogP contribution in [0.2, 0.25) is 0 Å². The molecule has 0 fully saturated rings. The van der Waals surface area contributed by atoms with Gasteiger partial charge >= 0.3 is 0 Å². The second kappa shape index (κ2) is 4.27. The minimum absolute atomic E-state index is 0.00843. The molecule has 4 heteroatoms. The molecule has 0 aliphatic heterocycles. The molecular formula is C13H17N3S. The van der Waals surface area contributed by atoms with Gasteiger partial charge in [-0.25, -0.2) is 0 Å². The van der Waals surface area contributed by atoms with Gasteiger partial charge in [-0.05, 0) is 37.8 Å². The highest BCUT2D eigenvalue weighted by Gasteiger charge is 2.19. The Labute approximate surface area is 105 Å². The molecule has 0 saturated heterocycles. The van der Waals surface area contributed by atoms with Crippen molar-refractivity contribution in [2.75, 3.05) is 0 Å². The molecule has 2 N–H and O–H groups in total. The molecule has 2 aromatic heterocycles. The van der Waals surface area contributed by atoms with Crippen LogP contribution in [0.4, 0.5) is 0 Å². The summed E-state index contributed by atoms with van der Waals surface area (Å²) in [5.41, 5.74) is 8.94. The van der Waals surface area contributed by atoms with Gasteiger partial charge in [0, 0.05) is 28.1 Å². The average Bonchev–Trinajstić information content (AvgIpc) is 3.02. The molecule has 0 spiro atoms. The van der Waals surface area contributed by atoms with E-state index in [4.69, 9.17) is 5.73 Å². The van der Waals surface area contributed by atoms with Crippen molar-refractivity contribution in [3.8, 4) is 0 Å². The Balaban J connectivity index is 1.87. The summed E-state index contributed by atoms with van der Waals surface area (Å²) in [5.74, 6) is 0. The van der Waals surface area contributed by atoms with E-state index in [0.717, 1.165) is 12.1 Å². The predicted octanol–water partition coefficient (Wildman–Crippen LogP) is 2.50. The summed E-state index contributed by atoms with van der Waals surface area (Å²) in [6.07, 6.45) is 7.71. The molecule has 1 atom stereocenters. The van der Waals surface area contributed by atoms with Gasteiger partial charge in [0.2, 0.25) is 0 Å². The fraction of sp³-hybridized carbons (Fsp3) is 0.462. The van der Waals surface area contributed by atoms with E-state index in [2.05, 4.69) is 24.3 Å². The maximum atomic E-state index is 6.30.